The monoisotopic (exact) mass is 303 g/mol. The van der Waals surface area contributed by atoms with Crippen LogP contribution in [-0.2, 0) is 6.18 Å². The molecule has 20 heavy (non-hydrogen) atoms. The van der Waals surface area contributed by atoms with Crippen molar-refractivity contribution < 1.29 is 18.0 Å². The van der Waals surface area contributed by atoms with Crippen molar-refractivity contribution in [1.82, 2.24) is 5.32 Å². The minimum atomic E-state index is -4.44. The van der Waals surface area contributed by atoms with E-state index in [4.69, 9.17) is 0 Å². The summed E-state index contributed by atoms with van der Waals surface area (Å²) in [6, 6.07) is 3.85. The fourth-order valence-electron chi connectivity index (χ4n) is 1.58. The number of halogens is 3. The van der Waals surface area contributed by atoms with E-state index in [1.54, 1.807) is 0 Å². The van der Waals surface area contributed by atoms with E-state index in [0.717, 1.165) is 12.1 Å². The lowest BCUT2D eigenvalue weighted by atomic mass is 10.2. The second kappa shape index (κ2) is 5.74. The maximum Gasteiger partial charge on any atom is 0.416 e. The number of amidine groups is 1. The van der Waals surface area contributed by atoms with Gasteiger partial charge < -0.3 is 5.32 Å². The van der Waals surface area contributed by atoms with Crippen LogP contribution in [0.5, 0.6) is 0 Å². The largest absolute Gasteiger partial charge is 0.416 e. The molecule has 8 heteroatoms. The first kappa shape index (κ1) is 14.7. The Bertz CT molecular complexity index is 545. The van der Waals surface area contributed by atoms with Crippen molar-refractivity contribution in [1.29, 1.82) is 0 Å². The van der Waals surface area contributed by atoms with Crippen molar-refractivity contribution in [3.05, 3.63) is 29.8 Å². The summed E-state index contributed by atoms with van der Waals surface area (Å²) >= 11 is 1.41. The zero-order chi connectivity index (χ0) is 14.8. The number of nitrogens with zero attached hydrogens (tertiary/aromatic N) is 1. The molecule has 0 saturated carbocycles. The molecule has 1 unspecified atom stereocenters. The van der Waals surface area contributed by atoms with Gasteiger partial charge in [-0.25, -0.2) is 4.79 Å². The third kappa shape index (κ3) is 3.89. The van der Waals surface area contributed by atoms with Crippen molar-refractivity contribution in [2.45, 2.75) is 18.3 Å². The lowest BCUT2D eigenvalue weighted by Gasteiger charge is -2.10. The predicted octanol–water partition coefficient (Wildman–Crippen LogP) is 3.32. The van der Waals surface area contributed by atoms with Crippen LogP contribution >= 0.6 is 11.8 Å². The number of carbonyl (C=O) groups excluding carboxylic acids is 1. The quantitative estimate of drug-likeness (QED) is 0.836. The van der Waals surface area contributed by atoms with E-state index in [1.807, 2.05) is 6.92 Å². The molecule has 0 aromatic heterocycles. The van der Waals surface area contributed by atoms with Crippen molar-refractivity contribution in [2.24, 2.45) is 4.99 Å². The van der Waals surface area contributed by atoms with E-state index in [-0.39, 0.29) is 5.69 Å². The summed E-state index contributed by atoms with van der Waals surface area (Å²) in [5.41, 5.74) is -0.731. The molecule has 0 fully saturated rings. The third-order valence-corrected chi connectivity index (χ3v) is 3.48. The molecule has 0 spiro atoms. The van der Waals surface area contributed by atoms with Gasteiger partial charge >= 0.3 is 12.2 Å². The third-order valence-electron chi connectivity index (χ3n) is 2.47. The second-order valence-electron chi connectivity index (χ2n) is 4.23. The topological polar surface area (TPSA) is 53.5 Å². The first-order valence-electron chi connectivity index (χ1n) is 5.81. The number of aliphatic imine (C=N–C) groups is 1. The van der Waals surface area contributed by atoms with Crippen LogP contribution in [0.4, 0.5) is 23.7 Å². The SMILES string of the molecule is CC1CN=C(NC(=O)Nc2cccc(C(F)(F)F)c2)S1. The minimum Gasteiger partial charge on any atom is -0.308 e. The summed E-state index contributed by atoms with van der Waals surface area (Å²) in [5, 5.41) is 5.61. The van der Waals surface area contributed by atoms with Crippen LogP contribution in [0, 0.1) is 0 Å². The van der Waals surface area contributed by atoms with Crippen LogP contribution in [0.3, 0.4) is 0 Å². The van der Waals surface area contributed by atoms with Crippen LogP contribution in [0.1, 0.15) is 12.5 Å². The standard InChI is InChI=1S/C12H12F3N3OS/c1-7-6-16-11(20-7)18-10(19)17-9-4-2-3-8(5-9)12(13,14)15/h2-5,7H,6H2,1H3,(H2,16,17,18,19). The van der Waals surface area contributed by atoms with Crippen LogP contribution in [0.25, 0.3) is 0 Å². The molecule has 1 aliphatic rings. The Labute approximate surface area is 117 Å². The fourth-order valence-corrected chi connectivity index (χ4v) is 2.41. The maximum absolute atomic E-state index is 12.5. The highest BCUT2D eigenvalue weighted by Gasteiger charge is 2.30. The van der Waals surface area contributed by atoms with E-state index in [9.17, 15) is 18.0 Å². The molecule has 2 amide bonds. The number of nitrogens with one attached hydrogen (secondary N) is 2. The first-order valence-corrected chi connectivity index (χ1v) is 6.69. The molecule has 2 N–H and O–H groups in total. The second-order valence-corrected chi connectivity index (χ2v) is 5.66. The van der Waals surface area contributed by atoms with Gasteiger partial charge in [-0.2, -0.15) is 13.2 Å². The molecule has 108 valence electrons. The Hall–Kier alpha value is -1.70. The van der Waals surface area contributed by atoms with Gasteiger partial charge in [0.25, 0.3) is 0 Å². The number of thioether (sulfide) groups is 1. The van der Waals surface area contributed by atoms with Crippen LogP contribution in [0.15, 0.2) is 29.3 Å². The summed E-state index contributed by atoms with van der Waals surface area (Å²) in [5.74, 6) is 0. The molecule has 1 heterocycles. The number of alkyl halides is 3. The zero-order valence-corrected chi connectivity index (χ0v) is 11.3. The van der Waals surface area contributed by atoms with E-state index < -0.39 is 17.8 Å². The molecule has 4 nitrogen and oxygen atoms in total. The highest BCUT2D eigenvalue weighted by molar-refractivity contribution is 8.14. The lowest BCUT2D eigenvalue weighted by molar-refractivity contribution is -0.137. The van der Waals surface area contributed by atoms with Gasteiger partial charge in [0.2, 0.25) is 0 Å². The van der Waals surface area contributed by atoms with Gasteiger partial charge in [-0.3, -0.25) is 10.3 Å². The molecule has 0 aliphatic carbocycles. The molecule has 1 atom stereocenters. The maximum atomic E-state index is 12.5. The Morgan fingerprint density at radius 1 is 1.40 bits per heavy atom. The fraction of sp³-hybridized carbons (Fsp3) is 0.333. The molecule has 0 radical (unpaired) electrons. The lowest BCUT2D eigenvalue weighted by Crippen LogP contribution is -2.32. The van der Waals surface area contributed by atoms with E-state index in [0.29, 0.717) is 17.0 Å². The van der Waals surface area contributed by atoms with Gasteiger partial charge in [0.1, 0.15) is 0 Å². The Kier molecular flexibility index (Phi) is 4.22. The van der Waals surface area contributed by atoms with Crippen LogP contribution in [-0.4, -0.2) is 23.0 Å². The number of hydrogen-bond acceptors (Lipinski definition) is 3. The van der Waals surface area contributed by atoms with Gasteiger partial charge in [0, 0.05) is 10.9 Å². The predicted molar refractivity (Wildman–Crippen MR) is 73.0 cm³/mol. The molecule has 2 rings (SSSR count). The number of urea groups is 1. The van der Waals surface area contributed by atoms with Crippen molar-refractivity contribution in [3.8, 4) is 0 Å². The van der Waals surface area contributed by atoms with E-state index in [2.05, 4.69) is 15.6 Å². The number of anilines is 1. The number of rotatable bonds is 1. The summed E-state index contributed by atoms with van der Waals surface area (Å²) in [6.45, 7) is 2.58. The van der Waals surface area contributed by atoms with Gasteiger partial charge in [-0.1, -0.05) is 24.8 Å². The van der Waals surface area contributed by atoms with Crippen LogP contribution < -0.4 is 10.6 Å². The molecular weight excluding hydrogens is 291 g/mol. The van der Waals surface area contributed by atoms with Crippen molar-refractivity contribution >= 4 is 28.6 Å². The smallest absolute Gasteiger partial charge is 0.308 e. The molecular formula is C12H12F3N3OS. The molecule has 0 saturated heterocycles. The van der Waals surface area contributed by atoms with Gasteiger partial charge in [-0.05, 0) is 18.2 Å². The molecule has 1 aromatic carbocycles. The number of amides is 2. The highest BCUT2D eigenvalue weighted by atomic mass is 32.2. The Balaban J connectivity index is 1.98. The van der Waals surface area contributed by atoms with Gasteiger partial charge in [0.05, 0.1) is 12.1 Å². The number of carbonyl (C=O) groups is 1. The normalized spacial score (nSPS) is 18.6. The number of hydrogen-bond donors (Lipinski definition) is 2. The van der Waals surface area contributed by atoms with Crippen molar-refractivity contribution in [3.63, 3.8) is 0 Å². The Morgan fingerprint density at radius 3 is 2.75 bits per heavy atom. The average molecular weight is 303 g/mol. The van der Waals surface area contributed by atoms with E-state index >= 15 is 0 Å². The molecule has 1 aromatic rings. The highest BCUT2D eigenvalue weighted by Crippen LogP contribution is 2.30. The molecule has 0 bridgehead atoms. The van der Waals surface area contributed by atoms with E-state index in [1.165, 1.54) is 23.9 Å². The van der Waals surface area contributed by atoms with Crippen LogP contribution in [0.2, 0.25) is 0 Å². The minimum absolute atomic E-state index is 0.0778. The zero-order valence-electron chi connectivity index (χ0n) is 10.5. The Morgan fingerprint density at radius 2 is 2.15 bits per heavy atom. The molecule has 1 aliphatic heterocycles. The first-order chi connectivity index (χ1) is 9.34. The average Bonchev–Trinajstić information content (AvgIpc) is 2.73. The van der Waals surface area contributed by atoms with Crippen molar-refractivity contribution in [2.75, 3.05) is 11.9 Å². The summed E-state index contributed by atoms with van der Waals surface area (Å²) in [6.07, 6.45) is -4.44. The summed E-state index contributed by atoms with van der Waals surface area (Å²) in [7, 11) is 0. The number of benzene rings is 1. The summed E-state index contributed by atoms with van der Waals surface area (Å²) in [4.78, 5) is 15.7. The van der Waals surface area contributed by atoms with Gasteiger partial charge in [0.15, 0.2) is 5.17 Å². The summed E-state index contributed by atoms with van der Waals surface area (Å²) < 4.78 is 37.6. The van der Waals surface area contributed by atoms with Gasteiger partial charge in [-0.15, -0.1) is 0 Å².